The number of piperazine rings is 1. The highest BCUT2D eigenvalue weighted by molar-refractivity contribution is 6.30. The minimum atomic E-state index is -1.36. The number of aromatic amines is 1. The van der Waals surface area contributed by atoms with Gasteiger partial charge in [0.15, 0.2) is 6.10 Å². The van der Waals surface area contributed by atoms with Gasteiger partial charge in [0.05, 0.1) is 17.8 Å². The first kappa shape index (κ1) is 21.3. The summed E-state index contributed by atoms with van der Waals surface area (Å²) in [6.45, 7) is 2.41. The minimum Gasteiger partial charge on any atom is -0.381 e. The van der Waals surface area contributed by atoms with Crippen molar-refractivity contribution < 1.29 is 14.7 Å². The maximum absolute atomic E-state index is 13.0. The van der Waals surface area contributed by atoms with Crippen LogP contribution in [-0.4, -0.2) is 70.1 Å². The molecule has 1 aromatic carbocycles. The molecule has 9 heteroatoms. The lowest BCUT2D eigenvalue weighted by atomic mass is 9.99. The molecule has 8 nitrogen and oxygen atoms in total. The Hall–Kier alpha value is -2.94. The Kier molecular flexibility index (Phi) is 6.50. The molecule has 0 unspecified atom stereocenters. The van der Waals surface area contributed by atoms with Crippen molar-refractivity contribution in [2.75, 3.05) is 26.2 Å². The third-order valence-electron chi connectivity index (χ3n) is 5.39. The number of aromatic nitrogens is 2. The van der Waals surface area contributed by atoms with E-state index in [0.29, 0.717) is 49.0 Å². The molecular formula is C22H24ClN5O3. The highest BCUT2D eigenvalue weighted by Gasteiger charge is 2.32. The van der Waals surface area contributed by atoms with Gasteiger partial charge in [-0.3, -0.25) is 9.59 Å². The molecule has 0 spiro atoms. The van der Waals surface area contributed by atoms with E-state index in [4.69, 9.17) is 11.6 Å². The van der Waals surface area contributed by atoms with Crippen LogP contribution in [0.4, 0.5) is 0 Å². The van der Waals surface area contributed by atoms with Crippen molar-refractivity contribution in [1.82, 2.24) is 25.5 Å². The number of hydrogen-bond acceptors (Lipinski definition) is 5. The van der Waals surface area contributed by atoms with E-state index in [0.717, 1.165) is 10.9 Å². The first-order valence-electron chi connectivity index (χ1n) is 10.2. The van der Waals surface area contributed by atoms with Crippen LogP contribution in [0.15, 0.2) is 48.7 Å². The van der Waals surface area contributed by atoms with Crippen LogP contribution in [0.3, 0.4) is 0 Å². The zero-order valence-corrected chi connectivity index (χ0v) is 17.6. The van der Waals surface area contributed by atoms with Gasteiger partial charge in [-0.25, -0.2) is 4.98 Å². The van der Waals surface area contributed by atoms with Crippen molar-refractivity contribution in [3.8, 4) is 0 Å². The maximum Gasteiger partial charge on any atom is 0.268 e. The summed E-state index contributed by atoms with van der Waals surface area (Å²) in [6.07, 6.45) is 0.514. The predicted octanol–water partition coefficient (Wildman–Crippen LogP) is 1.35. The van der Waals surface area contributed by atoms with E-state index in [1.165, 1.54) is 0 Å². The number of carbonyl (C=O) groups excluding carboxylic acids is 2. The van der Waals surface area contributed by atoms with Crippen molar-refractivity contribution in [3.05, 3.63) is 65.1 Å². The van der Waals surface area contributed by atoms with Gasteiger partial charge in [-0.2, -0.15) is 0 Å². The van der Waals surface area contributed by atoms with E-state index >= 15 is 0 Å². The highest BCUT2D eigenvalue weighted by atomic mass is 35.5. The second-order valence-corrected chi connectivity index (χ2v) is 7.95. The molecule has 2 amide bonds. The number of pyridine rings is 1. The molecule has 2 atom stereocenters. The maximum atomic E-state index is 13.0. The van der Waals surface area contributed by atoms with Crippen LogP contribution in [0.1, 0.15) is 16.1 Å². The van der Waals surface area contributed by atoms with Crippen molar-refractivity contribution in [3.63, 3.8) is 0 Å². The van der Waals surface area contributed by atoms with Gasteiger partial charge in [0.25, 0.3) is 11.8 Å². The quantitative estimate of drug-likeness (QED) is 0.432. The average molecular weight is 442 g/mol. The lowest BCUT2D eigenvalue weighted by molar-refractivity contribution is -0.142. The predicted molar refractivity (Wildman–Crippen MR) is 118 cm³/mol. The molecule has 1 aliphatic heterocycles. The molecule has 1 fully saturated rings. The Bertz CT molecular complexity index is 1070. The molecular weight excluding hydrogens is 418 g/mol. The van der Waals surface area contributed by atoms with E-state index in [1.807, 2.05) is 30.3 Å². The van der Waals surface area contributed by atoms with Crippen LogP contribution in [-0.2, 0) is 11.2 Å². The molecule has 0 bridgehead atoms. The van der Waals surface area contributed by atoms with Crippen LogP contribution in [0.25, 0.3) is 10.9 Å². The summed E-state index contributed by atoms with van der Waals surface area (Å²) in [6, 6.07) is 12.0. The van der Waals surface area contributed by atoms with Gasteiger partial charge < -0.3 is 25.6 Å². The summed E-state index contributed by atoms with van der Waals surface area (Å²) in [4.78, 5) is 34.5. The van der Waals surface area contributed by atoms with Crippen molar-refractivity contribution in [2.24, 2.45) is 0 Å². The second-order valence-electron chi connectivity index (χ2n) is 7.57. The van der Waals surface area contributed by atoms with Crippen molar-refractivity contribution in [1.29, 1.82) is 0 Å². The van der Waals surface area contributed by atoms with E-state index in [2.05, 4.69) is 20.6 Å². The topological polar surface area (TPSA) is 110 Å². The van der Waals surface area contributed by atoms with Crippen LogP contribution in [0.2, 0.25) is 5.15 Å². The Morgan fingerprint density at radius 2 is 1.94 bits per heavy atom. The fourth-order valence-corrected chi connectivity index (χ4v) is 3.89. The van der Waals surface area contributed by atoms with Crippen molar-refractivity contribution in [2.45, 2.75) is 18.6 Å². The van der Waals surface area contributed by atoms with Crippen LogP contribution in [0, 0.1) is 0 Å². The molecule has 31 heavy (non-hydrogen) atoms. The number of aliphatic hydroxyl groups is 1. The zero-order valence-electron chi connectivity index (χ0n) is 16.8. The van der Waals surface area contributed by atoms with Gasteiger partial charge in [-0.15, -0.1) is 0 Å². The molecule has 4 rings (SSSR count). The number of hydrogen-bond donors (Lipinski definition) is 4. The zero-order chi connectivity index (χ0) is 21.8. The number of carbonyl (C=O) groups is 2. The van der Waals surface area contributed by atoms with Gasteiger partial charge in [0, 0.05) is 31.6 Å². The third kappa shape index (κ3) is 5.04. The first-order valence-corrected chi connectivity index (χ1v) is 10.6. The summed E-state index contributed by atoms with van der Waals surface area (Å²) in [7, 11) is 0. The lowest BCUT2D eigenvalue weighted by Gasteiger charge is -2.32. The van der Waals surface area contributed by atoms with E-state index in [-0.39, 0.29) is 5.91 Å². The molecule has 2 aromatic heterocycles. The van der Waals surface area contributed by atoms with Crippen molar-refractivity contribution >= 4 is 34.3 Å². The number of H-pyrrole nitrogens is 1. The Balaban J connectivity index is 1.55. The Labute approximate surface area is 184 Å². The number of benzene rings is 1. The minimum absolute atomic E-state index is 0.305. The molecule has 1 saturated heterocycles. The molecule has 0 aliphatic carbocycles. The van der Waals surface area contributed by atoms with Gasteiger partial charge in [0.2, 0.25) is 0 Å². The molecule has 3 aromatic rings. The summed E-state index contributed by atoms with van der Waals surface area (Å²) in [5, 5.41) is 18.0. The molecule has 162 valence electrons. The van der Waals surface area contributed by atoms with E-state index in [9.17, 15) is 14.7 Å². The normalized spacial score (nSPS) is 16.1. The Morgan fingerprint density at radius 1 is 1.19 bits per heavy atom. The number of rotatable bonds is 6. The Morgan fingerprint density at radius 3 is 2.68 bits per heavy atom. The monoisotopic (exact) mass is 441 g/mol. The molecule has 0 saturated carbocycles. The summed E-state index contributed by atoms with van der Waals surface area (Å²) < 4.78 is 0. The fourth-order valence-electron chi connectivity index (χ4n) is 3.73. The number of nitrogens with zero attached hydrogens (tertiary/aromatic N) is 2. The number of fused-ring (bicyclic) bond motifs is 1. The van der Waals surface area contributed by atoms with Gasteiger partial charge in [0.1, 0.15) is 10.8 Å². The van der Waals surface area contributed by atoms with Crippen LogP contribution >= 0.6 is 11.6 Å². The number of aliphatic hydroxyl groups excluding tert-OH is 1. The molecule has 3 heterocycles. The third-order valence-corrected chi connectivity index (χ3v) is 5.60. The summed E-state index contributed by atoms with van der Waals surface area (Å²) >= 11 is 5.93. The van der Waals surface area contributed by atoms with Crippen LogP contribution < -0.4 is 10.6 Å². The molecule has 4 N–H and O–H groups in total. The first-order chi connectivity index (χ1) is 15.0. The van der Waals surface area contributed by atoms with Gasteiger partial charge >= 0.3 is 0 Å². The standard InChI is InChI=1S/C22H24ClN5O3/c23-19-12-15-11-17(26-18(15)13-25-19)21(30)27-16(10-14-4-2-1-3-5-14)20(29)22(31)28-8-6-24-7-9-28/h1-5,11-13,16,20,24,26,29H,6-10H2,(H,27,30)/t16-,20+/m0/s1. The number of amides is 2. The SMILES string of the molecule is O=C(N[C@@H](Cc1ccccc1)[C@@H](O)C(=O)N1CCNCC1)c1cc2cc(Cl)ncc2[nH]1. The van der Waals surface area contributed by atoms with E-state index in [1.54, 1.807) is 23.2 Å². The average Bonchev–Trinajstić information content (AvgIpc) is 3.22. The largest absolute Gasteiger partial charge is 0.381 e. The van der Waals surface area contributed by atoms with Gasteiger partial charge in [-0.05, 0) is 24.1 Å². The smallest absolute Gasteiger partial charge is 0.268 e. The van der Waals surface area contributed by atoms with Gasteiger partial charge in [-0.1, -0.05) is 41.9 Å². The number of nitrogens with one attached hydrogen (secondary N) is 3. The summed E-state index contributed by atoms with van der Waals surface area (Å²) in [5.74, 6) is -0.796. The molecule has 0 radical (unpaired) electrons. The fraction of sp³-hybridized carbons (Fsp3) is 0.318. The number of halogens is 1. The second kappa shape index (κ2) is 9.47. The molecule has 1 aliphatic rings. The summed E-state index contributed by atoms with van der Waals surface area (Å²) in [5.41, 5.74) is 1.89. The lowest BCUT2D eigenvalue weighted by Crippen LogP contribution is -2.56. The highest BCUT2D eigenvalue weighted by Crippen LogP contribution is 2.18. The van der Waals surface area contributed by atoms with Crippen LogP contribution in [0.5, 0.6) is 0 Å². The van der Waals surface area contributed by atoms with E-state index < -0.39 is 18.1 Å².